The summed E-state index contributed by atoms with van der Waals surface area (Å²) in [6.45, 7) is 4.81. The van der Waals surface area contributed by atoms with Crippen LogP contribution in [0.4, 0.5) is 11.6 Å². The number of nitrogens with zero attached hydrogens (tertiary/aromatic N) is 5. The smallest absolute Gasteiger partial charge is 0.322 e. The lowest BCUT2D eigenvalue weighted by Crippen LogP contribution is -2.48. The zero-order valence-electron chi connectivity index (χ0n) is 17.9. The Labute approximate surface area is 197 Å². The number of halogens is 2. The highest BCUT2D eigenvalue weighted by Crippen LogP contribution is 2.40. The molecule has 1 saturated heterocycles. The molecule has 1 aromatic carbocycles. The number of aryl methyl sites for hydroxylation is 1. The van der Waals surface area contributed by atoms with Gasteiger partial charge in [-0.25, -0.2) is 9.67 Å². The van der Waals surface area contributed by atoms with Crippen molar-refractivity contribution in [3.8, 4) is 11.8 Å². The largest absolute Gasteiger partial charge is 0.424 e. The molecule has 3 aromatic rings. The first kappa shape index (κ1) is 21.3. The molecular formula is C23H26Cl2N6O. The molecule has 2 fully saturated rings. The Bertz CT molecular complexity index is 1080. The Morgan fingerprint density at radius 1 is 1.12 bits per heavy atom. The average Bonchev–Trinajstić information content (AvgIpc) is 3.23. The summed E-state index contributed by atoms with van der Waals surface area (Å²) in [5, 5.41) is 9.49. The van der Waals surface area contributed by atoms with Gasteiger partial charge in [-0.15, -0.1) is 5.10 Å². The molecule has 0 spiro atoms. The second-order valence-electron chi connectivity index (χ2n) is 8.51. The molecule has 1 aliphatic carbocycles. The Hall–Kier alpha value is -2.51. The van der Waals surface area contributed by atoms with Crippen LogP contribution in [0.5, 0.6) is 11.8 Å². The maximum absolute atomic E-state index is 6.11. The quantitative estimate of drug-likeness (QED) is 0.457. The van der Waals surface area contributed by atoms with E-state index in [0.717, 1.165) is 31.7 Å². The maximum atomic E-state index is 6.11. The highest BCUT2D eigenvalue weighted by Gasteiger charge is 2.42. The minimum atomic E-state index is 0.347. The van der Waals surface area contributed by atoms with Crippen LogP contribution in [-0.4, -0.2) is 38.9 Å². The Kier molecular flexibility index (Phi) is 6.11. The van der Waals surface area contributed by atoms with E-state index in [9.17, 15) is 0 Å². The molecule has 1 saturated carbocycles. The summed E-state index contributed by atoms with van der Waals surface area (Å²) < 4.78 is 7.83. The summed E-state index contributed by atoms with van der Waals surface area (Å²) in [6.07, 6.45) is 5.10. The van der Waals surface area contributed by atoms with Crippen LogP contribution in [0.25, 0.3) is 0 Å². The zero-order valence-corrected chi connectivity index (χ0v) is 19.4. The zero-order chi connectivity index (χ0) is 22.1. The number of aromatic nitrogens is 4. The summed E-state index contributed by atoms with van der Waals surface area (Å²) in [5.41, 5.74) is 1.14. The van der Waals surface area contributed by atoms with Crippen LogP contribution in [0, 0.1) is 11.8 Å². The van der Waals surface area contributed by atoms with Crippen LogP contribution in [0.1, 0.15) is 26.2 Å². The van der Waals surface area contributed by atoms with Crippen molar-refractivity contribution in [2.75, 3.05) is 23.3 Å². The molecule has 32 heavy (non-hydrogen) atoms. The van der Waals surface area contributed by atoms with Crippen LogP contribution in [0.15, 0.2) is 42.6 Å². The van der Waals surface area contributed by atoms with E-state index < -0.39 is 0 Å². The van der Waals surface area contributed by atoms with Crippen LogP contribution < -0.4 is 15.0 Å². The minimum absolute atomic E-state index is 0.347. The van der Waals surface area contributed by atoms with Crippen molar-refractivity contribution in [2.45, 2.75) is 38.8 Å². The van der Waals surface area contributed by atoms with Crippen molar-refractivity contribution in [3.05, 3.63) is 52.8 Å². The molecule has 2 bridgehead atoms. The fraction of sp³-hybridized carbons (Fsp3) is 0.435. The van der Waals surface area contributed by atoms with Gasteiger partial charge in [0.2, 0.25) is 5.95 Å². The highest BCUT2D eigenvalue weighted by molar-refractivity contribution is 6.30. The van der Waals surface area contributed by atoms with Crippen molar-refractivity contribution in [1.29, 1.82) is 0 Å². The lowest BCUT2D eigenvalue weighted by atomic mass is 9.92. The number of rotatable bonds is 7. The Morgan fingerprint density at radius 3 is 2.66 bits per heavy atom. The summed E-state index contributed by atoms with van der Waals surface area (Å²) in [4.78, 5) is 11.2. The van der Waals surface area contributed by atoms with E-state index in [-0.39, 0.29) is 0 Å². The number of piperidine rings is 1. The normalized spacial score (nSPS) is 22.2. The average molecular weight is 473 g/mol. The lowest BCUT2D eigenvalue weighted by Gasteiger charge is -2.39. The monoisotopic (exact) mass is 472 g/mol. The van der Waals surface area contributed by atoms with Crippen molar-refractivity contribution >= 4 is 34.8 Å². The number of pyridine rings is 1. The van der Waals surface area contributed by atoms with Gasteiger partial charge >= 0.3 is 6.01 Å². The molecule has 3 atom stereocenters. The molecule has 0 amide bonds. The second-order valence-corrected chi connectivity index (χ2v) is 9.33. The van der Waals surface area contributed by atoms with Crippen LogP contribution in [0.2, 0.25) is 10.2 Å². The Morgan fingerprint density at radius 2 is 1.94 bits per heavy atom. The summed E-state index contributed by atoms with van der Waals surface area (Å²) >= 11 is 12.2. The van der Waals surface area contributed by atoms with E-state index in [0.29, 0.717) is 45.8 Å². The Balaban J connectivity index is 1.31. The number of benzene rings is 1. The van der Waals surface area contributed by atoms with Gasteiger partial charge in [-0.05, 0) is 61.4 Å². The van der Waals surface area contributed by atoms with E-state index in [1.54, 1.807) is 12.3 Å². The van der Waals surface area contributed by atoms with E-state index in [4.69, 9.17) is 33.0 Å². The molecule has 5 rings (SSSR count). The topological polar surface area (TPSA) is 68.1 Å². The third-order valence-corrected chi connectivity index (χ3v) is 6.73. The summed E-state index contributed by atoms with van der Waals surface area (Å²) in [5.74, 6) is 2.32. The van der Waals surface area contributed by atoms with Gasteiger partial charge in [-0.1, -0.05) is 36.2 Å². The summed E-state index contributed by atoms with van der Waals surface area (Å²) in [6, 6.07) is 12.1. The van der Waals surface area contributed by atoms with Crippen LogP contribution in [-0.2, 0) is 6.54 Å². The standard InChI is InChI=1S/C23H26Cl2N6O/c1-2-10-31-23(32-19-5-3-4-17(24)11-19)28-22(29-31)27-21-15-6-7-16(21)14-30(13-15)18-8-9-26-20(25)12-18/h3-5,8-9,11-12,15-16,21H,2,6-7,10,13-14H2,1H3,(H,27,29)/t15-,16+,21+. The number of anilines is 2. The fourth-order valence-corrected chi connectivity index (χ4v) is 5.21. The number of ether oxygens (including phenoxy) is 1. The van der Waals surface area contributed by atoms with E-state index in [1.807, 2.05) is 35.0 Å². The first-order valence-corrected chi connectivity index (χ1v) is 11.9. The molecule has 0 unspecified atom stereocenters. The molecule has 168 valence electrons. The second kappa shape index (κ2) is 9.16. The van der Waals surface area contributed by atoms with E-state index >= 15 is 0 Å². The van der Waals surface area contributed by atoms with Gasteiger partial charge in [-0.3, -0.25) is 0 Å². The van der Waals surface area contributed by atoms with Gasteiger partial charge in [0.05, 0.1) is 0 Å². The summed E-state index contributed by atoms with van der Waals surface area (Å²) in [7, 11) is 0. The first-order valence-electron chi connectivity index (χ1n) is 11.1. The number of hydrogen-bond acceptors (Lipinski definition) is 6. The molecule has 9 heteroatoms. The molecule has 2 aromatic heterocycles. The van der Waals surface area contributed by atoms with Gasteiger partial charge < -0.3 is 15.0 Å². The SMILES string of the molecule is CCCn1nc(N[C@H]2[C@@H]3CC[C@H]2CN(c2ccnc(Cl)c2)C3)nc1Oc1cccc(Cl)c1. The molecular weight excluding hydrogens is 447 g/mol. The van der Waals surface area contributed by atoms with Crippen LogP contribution in [0.3, 0.4) is 0 Å². The predicted octanol–water partition coefficient (Wildman–Crippen LogP) is 5.51. The highest BCUT2D eigenvalue weighted by atomic mass is 35.5. The van der Waals surface area contributed by atoms with Gasteiger partial charge in [0.25, 0.3) is 0 Å². The minimum Gasteiger partial charge on any atom is -0.424 e. The third kappa shape index (κ3) is 4.50. The third-order valence-electron chi connectivity index (χ3n) is 6.28. The van der Waals surface area contributed by atoms with Crippen molar-refractivity contribution in [2.24, 2.45) is 11.8 Å². The molecule has 0 radical (unpaired) electrons. The molecule has 2 aliphatic rings. The van der Waals surface area contributed by atoms with Gasteiger partial charge in [0.15, 0.2) is 0 Å². The van der Waals surface area contributed by atoms with E-state index in [2.05, 4.69) is 27.1 Å². The number of nitrogens with one attached hydrogen (secondary N) is 1. The molecule has 1 aliphatic heterocycles. The van der Waals surface area contributed by atoms with E-state index in [1.165, 1.54) is 12.8 Å². The number of fused-ring (bicyclic) bond motifs is 2. The van der Waals surface area contributed by atoms with Gasteiger partial charge in [0, 0.05) is 42.6 Å². The first-order chi connectivity index (χ1) is 15.6. The van der Waals surface area contributed by atoms with Crippen molar-refractivity contribution < 1.29 is 4.74 Å². The molecule has 7 nitrogen and oxygen atoms in total. The van der Waals surface area contributed by atoms with Gasteiger partial charge in [-0.2, -0.15) is 4.98 Å². The van der Waals surface area contributed by atoms with Crippen LogP contribution >= 0.6 is 23.2 Å². The molecule has 1 N–H and O–H groups in total. The predicted molar refractivity (Wildman–Crippen MR) is 127 cm³/mol. The fourth-order valence-electron chi connectivity index (χ4n) is 4.86. The lowest BCUT2D eigenvalue weighted by molar-refractivity contribution is 0.376. The van der Waals surface area contributed by atoms with Crippen molar-refractivity contribution in [1.82, 2.24) is 19.7 Å². The maximum Gasteiger partial charge on any atom is 0.322 e. The van der Waals surface area contributed by atoms with Gasteiger partial charge in [0.1, 0.15) is 10.9 Å². The number of hydrogen-bond donors (Lipinski definition) is 1. The van der Waals surface area contributed by atoms with Crippen molar-refractivity contribution in [3.63, 3.8) is 0 Å². The molecule has 3 heterocycles.